The number of fused-ring (bicyclic) bond motifs is 1. The highest BCUT2D eigenvalue weighted by atomic mass is 35.5. The Morgan fingerprint density at radius 3 is 1.90 bits per heavy atom. The molecule has 0 fully saturated rings. The topological polar surface area (TPSA) is 90.1 Å². The summed E-state index contributed by atoms with van der Waals surface area (Å²) in [5.74, 6) is 0.612. The van der Waals surface area contributed by atoms with Gasteiger partial charge in [-0.25, -0.2) is 4.99 Å². The average molecular weight is 609 g/mol. The van der Waals surface area contributed by atoms with Gasteiger partial charge in [-0.1, -0.05) is 11.6 Å². The summed E-state index contributed by atoms with van der Waals surface area (Å²) in [6.45, 7) is 2.87. The van der Waals surface area contributed by atoms with Crippen molar-refractivity contribution in [3.63, 3.8) is 0 Å². The Bertz CT molecular complexity index is 1640. The maximum atomic E-state index is 12.3. The molecule has 7 nitrogen and oxygen atoms in total. The van der Waals surface area contributed by atoms with Crippen molar-refractivity contribution in [2.24, 2.45) is 4.99 Å². The summed E-state index contributed by atoms with van der Waals surface area (Å²) in [6.07, 6.45) is -2.75. The Balaban J connectivity index is 0.000000482. The number of nitrogens with zero attached hydrogens (tertiary/aromatic N) is 2. The smallest absolute Gasteiger partial charge is 0.457 e. The fraction of sp³-hybridized carbons (Fsp3) is 0.160. The van der Waals surface area contributed by atoms with Crippen LogP contribution >= 0.6 is 11.6 Å². The van der Waals surface area contributed by atoms with Crippen molar-refractivity contribution in [2.75, 3.05) is 0 Å². The summed E-state index contributed by atoms with van der Waals surface area (Å²) in [4.78, 5) is 4.73. The van der Waals surface area contributed by atoms with Gasteiger partial charge in [0.1, 0.15) is 17.2 Å². The first kappa shape index (κ1) is 30.8. The maximum absolute atomic E-state index is 12.3. The summed E-state index contributed by atoms with van der Waals surface area (Å²) >= 11 is 6.17. The van der Waals surface area contributed by atoms with Crippen LogP contribution in [0, 0.1) is 0 Å². The first-order chi connectivity index (χ1) is 18.6. The summed E-state index contributed by atoms with van der Waals surface area (Å²) in [7, 11) is -5.84. The number of halogens is 7. The van der Waals surface area contributed by atoms with Crippen molar-refractivity contribution in [1.82, 2.24) is 4.57 Å². The number of hydrogen-bond donors (Lipinski definition) is 1. The predicted octanol–water partition coefficient (Wildman–Crippen LogP) is 7.63. The molecule has 1 aromatic heterocycles. The second-order valence-electron chi connectivity index (χ2n) is 7.80. The molecule has 0 aliphatic rings. The van der Waals surface area contributed by atoms with E-state index in [1.165, 1.54) is 24.3 Å². The number of ether oxygens (including phenoxy) is 2. The van der Waals surface area contributed by atoms with Gasteiger partial charge in [0, 0.05) is 23.2 Å². The number of hydrogen-bond acceptors (Lipinski definition) is 5. The second kappa shape index (κ2) is 12.2. The van der Waals surface area contributed by atoms with Gasteiger partial charge < -0.3 is 14.0 Å². The minimum Gasteiger partial charge on any atom is -0.457 e. The SMILES string of the molecule is CCn1ccc(=Nc2ccc(Oc3ccc(OC(F)(F)F)cc3)cc2)c2ccc(Cl)cc21.O=S(=O)(O)C(F)(F)F. The third-order valence-electron chi connectivity index (χ3n) is 4.97. The van der Waals surface area contributed by atoms with Gasteiger partial charge in [-0.2, -0.15) is 21.6 Å². The van der Waals surface area contributed by atoms with E-state index >= 15 is 0 Å². The van der Waals surface area contributed by atoms with E-state index in [2.05, 4.69) is 16.2 Å². The Morgan fingerprint density at radius 2 is 1.40 bits per heavy atom. The summed E-state index contributed by atoms with van der Waals surface area (Å²) < 4.78 is 106. The van der Waals surface area contributed by atoms with Crippen LogP contribution in [0.3, 0.4) is 0 Å². The van der Waals surface area contributed by atoms with E-state index in [0.717, 1.165) is 28.5 Å². The fourth-order valence-electron chi connectivity index (χ4n) is 3.24. The lowest BCUT2D eigenvalue weighted by Crippen LogP contribution is -2.21. The predicted molar refractivity (Wildman–Crippen MR) is 135 cm³/mol. The van der Waals surface area contributed by atoms with Crippen LogP contribution in [0.5, 0.6) is 17.2 Å². The molecule has 0 aliphatic heterocycles. The lowest BCUT2D eigenvalue weighted by molar-refractivity contribution is -0.274. The normalized spacial score (nSPS) is 12.6. The molecule has 214 valence electrons. The van der Waals surface area contributed by atoms with Gasteiger partial charge >= 0.3 is 22.0 Å². The zero-order valence-corrected chi connectivity index (χ0v) is 21.8. The summed E-state index contributed by atoms with van der Waals surface area (Å²) in [5.41, 5.74) is -3.80. The molecule has 0 radical (unpaired) electrons. The van der Waals surface area contributed by atoms with Crippen LogP contribution in [0.2, 0.25) is 5.02 Å². The van der Waals surface area contributed by atoms with E-state index in [1.807, 2.05) is 30.5 Å². The largest absolute Gasteiger partial charge is 0.573 e. The van der Waals surface area contributed by atoms with E-state index < -0.39 is 22.0 Å². The average Bonchev–Trinajstić information content (AvgIpc) is 2.85. The van der Waals surface area contributed by atoms with Crippen LogP contribution in [-0.2, 0) is 16.7 Å². The van der Waals surface area contributed by atoms with Crippen LogP contribution in [0.4, 0.5) is 32.0 Å². The maximum Gasteiger partial charge on any atom is 0.573 e. The van der Waals surface area contributed by atoms with Gasteiger partial charge in [0.25, 0.3) is 0 Å². The Kier molecular flexibility index (Phi) is 9.38. The zero-order chi connectivity index (χ0) is 29.7. The Morgan fingerprint density at radius 1 is 0.875 bits per heavy atom. The minimum absolute atomic E-state index is 0.306. The second-order valence-corrected chi connectivity index (χ2v) is 9.65. The van der Waals surface area contributed by atoms with Crippen LogP contribution in [0.15, 0.2) is 84.0 Å². The number of alkyl halides is 6. The van der Waals surface area contributed by atoms with Crippen molar-refractivity contribution in [3.8, 4) is 17.2 Å². The van der Waals surface area contributed by atoms with E-state index in [4.69, 9.17) is 34.3 Å². The number of aryl methyl sites for hydroxylation is 1. The first-order valence-electron chi connectivity index (χ1n) is 11.1. The first-order valence-corrected chi connectivity index (χ1v) is 12.9. The lowest BCUT2D eigenvalue weighted by atomic mass is 10.2. The van der Waals surface area contributed by atoms with Crippen LogP contribution in [-0.4, -0.2) is 29.4 Å². The molecule has 4 aromatic rings. The van der Waals surface area contributed by atoms with Gasteiger partial charge in [0.05, 0.1) is 16.6 Å². The van der Waals surface area contributed by atoms with E-state index in [1.54, 1.807) is 24.3 Å². The molecule has 15 heteroatoms. The third kappa shape index (κ3) is 8.63. The standard InChI is InChI=1S/C24H18ClF3N2O2.CHF3O3S/c1-2-30-14-13-22(21-12-3-16(25)15-23(21)30)29-17-4-6-18(7-5-17)31-19-8-10-20(11-9-19)32-24(26,27)28;2-1(3,4)8(5,6)7/h3-15H,2H2,1H3;(H,5,6,7). The molecule has 0 spiro atoms. The molecule has 1 N–H and O–H groups in total. The monoisotopic (exact) mass is 608 g/mol. The highest BCUT2D eigenvalue weighted by molar-refractivity contribution is 7.86. The van der Waals surface area contributed by atoms with Gasteiger partial charge in [0.2, 0.25) is 0 Å². The van der Waals surface area contributed by atoms with Gasteiger partial charge in [-0.15, -0.1) is 13.2 Å². The Labute approximate surface area is 228 Å². The molecule has 0 amide bonds. The van der Waals surface area contributed by atoms with Gasteiger partial charge in [-0.3, -0.25) is 4.55 Å². The highest BCUT2D eigenvalue weighted by Crippen LogP contribution is 2.28. The van der Waals surface area contributed by atoms with Crippen molar-refractivity contribution < 1.29 is 48.8 Å². The summed E-state index contributed by atoms with van der Waals surface area (Å²) in [6, 6.07) is 20.0. The van der Waals surface area contributed by atoms with E-state index in [0.29, 0.717) is 16.5 Å². The molecule has 0 aliphatic carbocycles. The van der Waals surface area contributed by atoms with Gasteiger partial charge in [0.15, 0.2) is 0 Å². The van der Waals surface area contributed by atoms with E-state index in [9.17, 15) is 26.3 Å². The van der Waals surface area contributed by atoms with Gasteiger partial charge in [-0.05, 0) is 79.7 Å². The molecule has 0 saturated carbocycles. The molecule has 40 heavy (non-hydrogen) atoms. The quantitative estimate of drug-likeness (QED) is 0.143. The molecule has 4 rings (SSSR count). The molecule has 0 saturated heterocycles. The number of benzene rings is 3. The number of aromatic nitrogens is 1. The minimum atomic E-state index is -5.84. The molecular weight excluding hydrogens is 590 g/mol. The number of pyridine rings is 1. The van der Waals surface area contributed by atoms with Crippen molar-refractivity contribution >= 4 is 38.3 Å². The molecule has 0 unspecified atom stereocenters. The van der Waals surface area contributed by atoms with Crippen molar-refractivity contribution in [1.29, 1.82) is 0 Å². The fourth-order valence-corrected chi connectivity index (χ4v) is 3.40. The lowest BCUT2D eigenvalue weighted by Gasteiger charge is -2.10. The van der Waals surface area contributed by atoms with Crippen molar-refractivity contribution in [3.05, 3.63) is 89.4 Å². The molecule has 0 bridgehead atoms. The zero-order valence-electron chi connectivity index (χ0n) is 20.2. The Hall–Kier alpha value is -3.75. The van der Waals surface area contributed by atoms with E-state index in [-0.39, 0.29) is 5.75 Å². The van der Waals surface area contributed by atoms with Crippen LogP contribution in [0.1, 0.15) is 6.92 Å². The van der Waals surface area contributed by atoms with Crippen molar-refractivity contribution in [2.45, 2.75) is 25.3 Å². The van der Waals surface area contributed by atoms with Crippen LogP contribution < -0.4 is 14.8 Å². The van der Waals surface area contributed by atoms with Crippen LogP contribution in [0.25, 0.3) is 10.9 Å². The number of rotatable bonds is 5. The molecule has 0 atom stereocenters. The third-order valence-corrected chi connectivity index (χ3v) is 5.79. The summed E-state index contributed by atoms with van der Waals surface area (Å²) in [5, 5.41) is 2.46. The molecule has 3 aromatic carbocycles. The highest BCUT2D eigenvalue weighted by Gasteiger charge is 2.44. The molecule has 1 heterocycles. The molecular formula is C25H19ClF6N2O5S.